The van der Waals surface area contributed by atoms with Crippen LogP contribution in [0.1, 0.15) is 24.2 Å². The summed E-state index contributed by atoms with van der Waals surface area (Å²) in [6.07, 6.45) is 0. The number of nitrogens with zero attached hydrogens (tertiary/aromatic N) is 3. The molecule has 29 heavy (non-hydrogen) atoms. The Hall–Kier alpha value is -3.55. The van der Waals surface area contributed by atoms with Gasteiger partial charge in [0.2, 0.25) is 5.89 Å². The Labute approximate surface area is 169 Å². The van der Waals surface area contributed by atoms with Crippen LogP contribution in [0.4, 0.5) is 11.7 Å². The van der Waals surface area contributed by atoms with Crippen molar-refractivity contribution in [3.63, 3.8) is 0 Å². The molecule has 0 radical (unpaired) electrons. The van der Waals surface area contributed by atoms with E-state index in [2.05, 4.69) is 34.3 Å². The zero-order chi connectivity index (χ0) is 20.8. The Bertz CT molecular complexity index is 943. The molecule has 0 spiro atoms. The molecule has 0 saturated carbocycles. The van der Waals surface area contributed by atoms with E-state index in [1.54, 1.807) is 44.6 Å². The van der Waals surface area contributed by atoms with Crippen LogP contribution in [-0.2, 0) is 0 Å². The number of amides is 1. The summed E-state index contributed by atoms with van der Waals surface area (Å²) in [7, 11) is 3.12. The van der Waals surface area contributed by atoms with Gasteiger partial charge in [-0.1, -0.05) is 5.10 Å². The van der Waals surface area contributed by atoms with Gasteiger partial charge < -0.3 is 18.8 Å². The fourth-order valence-electron chi connectivity index (χ4n) is 2.90. The molecule has 0 aliphatic carbocycles. The molecule has 1 heterocycles. The summed E-state index contributed by atoms with van der Waals surface area (Å²) in [5, 5.41) is 10.5. The summed E-state index contributed by atoms with van der Waals surface area (Å²) >= 11 is 0. The molecule has 1 N–H and O–H groups in total. The maximum Gasteiger partial charge on any atom is 0.322 e. The maximum atomic E-state index is 12.5. The zero-order valence-electron chi connectivity index (χ0n) is 16.9. The number of methoxy groups -OCH3 is 2. The van der Waals surface area contributed by atoms with E-state index in [1.165, 1.54) is 0 Å². The van der Waals surface area contributed by atoms with E-state index in [4.69, 9.17) is 13.9 Å². The summed E-state index contributed by atoms with van der Waals surface area (Å²) in [5.41, 5.74) is 2.19. The van der Waals surface area contributed by atoms with E-state index in [1.807, 2.05) is 12.1 Å². The number of ether oxygens (including phenoxy) is 2. The fourth-order valence-corrected chi connectivity index (χ4v) is 2.90. The number of anilines is 2. The van der Waals surface area contributed by atoms with Crippen molar-refractivity contribution in [2.75, 3.05) is 37.5 Å². The standard InChI is InChI=1S/C21H24N4O4/c1-5-25(6-2)16-9-7-14(8-10-16)19(26)22-21-24-23-20(29-21)15-11-17(27-3)13-18(12-15)28-4/h7-13H,5-6H2,1-4H3,(H,22,24,26). The normalized spacial score (nSPS) is 10.5. The van der Waals surface area contributed by atoms with E-state index in [0.717, 1.165) is 18.8 Å². The van der Waals surface area contributed by atoms with Gasteiger partial charge in [0.15, 0.2) is 0 Å². The van der Waals surface area contributed by atoms with Crippen LogP contribution in [0.25, 0.3) is 11.5 Å². The Kier molecular flexibility index (Phi) is 6.33. The largest absolute Gasteiger partial charge is 0.497 e. The van der Waals surface area contributed by atoms with Crippen molar-refractivity contribution in [3.8, 4) is 23.0 Å². The summed E-state index contributed by atoms with van der Waals surface area (Å²) in [4.78, 5) is 14.7. The minimum Gasteiger partial charge on any atom is -0.497 e. The predicted octanol–water partition coefficient (Wildman–Crippen LogP) is 3.85. The second-order valence-electron chi connectivity index (χ2n) is 6.19. The van der Waals surface area contributed by atoms with Crippen molar-refractivity contribution in [1.82, 2.24) is 10.2 Å². The van der Waals surface area contributed by atoms with Gasteiger partial charge in [-0.15, -0.1) is 5.10 Å². The molecule has 0 saturated heterocycles. The first-order valence-electron chi connectivity index (χ1n) is 9.31. The third-order valence-electron chi connectivity index (χ3n) is 4.50. The Morgan fingerprint density at radius 3 is 2.17 bits per heavy atom. The van der Waals surface area contributed by atoms with Crippen molar-refractivity contribution < 1.29 is 18.7 Å². The fraction of sp³-hybridized carbons (Fsp3) is 0.286. The molecule has 0 aliphatic rings. The molecule has 0 aliphatic heterocycles. The van der Waals surface area contributed by atoms with Crippen LogP contribution >= 0.6 is 0 Å². The molecule has 3 rings (SSSR count). The molecule has 1 amide bonds. The molecule has 0 unspecified atom stereocenters. The molecule has 0 fully saturated rings. The minimum absolute atomic E-state index is 0.0135. The summed E-state index contributed by atoms with van der Waals surface area (Å²) in [6, 6.07) is 12.6. The molecule has 152 valence electrons. The van der Waals surface area contributed by atoms with Gasteiger partial charge >= 0.3 is 6.01 Å². The highest BCUT2D eigenvalue weighted by Crippen LogP contribution is 2.29. The Balaban J connectivity index is 1.74. The van der Waals surface area contributed by atoms with Crippen LogP contribution < -0.4 is 19.7 Å². The number of nitrogens with one attached hydrogen (secondary N) is 1. The number of carbonyl (C=O) groups is 1. The maximum absolute atomic E-state index is 12.5. The number of hydrogen-bond acceptors (Lipinski definition) is 7. The van der Waals surface area contributed by atoms with E-state index in [-0.39, 0.29) is 17.8 Å². The monoisotopic (exact) mass is 396 g/mol. The second kappa shape index (κ2) is 9.09. The van der Waals surface area contributed by atoms with Crippen molar-refractivity contribution in [1.29, 1.82) is 0 Å². The van der Waals surface area contributed by atoms with Gasteiger partial charge in [-0.25, -0.2) is 0 Å². The lowest BCUT2D eigenvalue weighted by Gasteiger charge is -2.20. The van der Waals surface area contributed by atoms with Crippen LogP contribution in [0.15, 0.2) is 46.9 Å². The van der Waals surface area contributed by atoms with E-state index >= 15 is 0 Å². The lowest BCUT2D eigenvalue weighted by Crippen LogP contribution is -2.21. The SMILES string of the molecule is CCN(CC)c1ccc(C(=O)Nc2nnc(-c3cc(OC)cc(OC)c3)o2)cc1. The van der Waals surface area contributed by atoms with E-state index < -0.39 is 0 Å². The first-order chi connectivity index (χ1) is 14.1. The van der Waals surface area contributed by atoms with Gasteiger partial charge in [0.1, 0.15) is 11.5 Å². The van der Waals surface area contributed by atoms with Crippen LogP contribution in [-0.4, -0.2) is 43.4 Å². The van der Waals surface area contributed by atoms with Crippen LogP contribution in [0.2, 0.25) is 0 Å². The molecule has 0 bridgehead atoms. The first kappa shape index (κ1) is 20.2. The highest BCUT2D eigenvalue weighted by molar-refractivity contribution is 6.03. The quantitative estimate of drug-likeness (QED) is 0.618. The third-order valence-corrected chi connectivity index (χ3v) is 4.50. The van der Waals surface area contributed by atoms with Gasteiger partial charge in [-0.2, -0.15) is 0 Å². The predicted molar refractivity (Wildman–Crippen MR) is 111 cm³/mol. The number of hydrogen-bond donors (Lipinski definition) is 1. The summed E-state index contributed by atoms with van der Waals surface area (Å²) in [6.45, 7) is 5.99. The van der Waals surface area contributed by atoms with Crippen molar-refractivity contribution in [3.05, 3.63) is 48.0 Å². The van der Waals surface area contributed by atoms with Gasteiger partial charge in [0, 0.05) is 36.0 Å². The lowest BCUT2D eigenvalue weighted by molar-refractivity contribution is 0.102. The van der Waals surface area contributed by atoms with Gasteiger partial charge in [-0.3, -0.25) is 10.1 Å². The molecule has 8 heteroatoms. The van der Waals surface area contributed by atoms with Gasteiger partial charge in [0.25, 0.3) is 5.91 Å². The molecule has 1 aromatic heterocycles. The molecular formula is C21H24N4O4. The summed E-state index contributed by atoms with van der Waals surface area (Å²) < 4.78 is 16.1. The molecule has 3 aromatic rings. The second-order valence-corrected chi connectivity index (χ2v) is 6.19. The van der Waals surface area contributed by atoms with Crippen LogP contribution in [0.3, 0.4) is 0 Å². The van der Waals surface area contributed by atoms with E-state index in [9.17, 15) is 4.79 Å². The molecule has 0 atom stereocenters. The smallest absolute Gasteiger partial charge is 0.322 e. The number of rotatable bonds is 8. The number of aromatic nitrogens is 2. The van der Waals surface area contributed by atoms with Crippen LogP contribution in [0, 0.1) is 0 Å². The van der Waals surface area contributed by atoms with Crippen LogP contribution in [0.5, 0.6) is 11.5 Å². The highest BCUT2D eigenvalue weighted by Gasteiger charge is 2.15. The highest BCUT2D eigenvalue weighted by atomic mass is 16.5. The van der Waals surface area contributed by atoms with Gasteiger partial charge in [-0.05, 0) is 50.2 Å². The Morgan fingerprint density at radius 2 is 1.62 bits per heavy atom. The lowest BCUT2D eigenvalue weighted by atomic mass is 10.2. The topological polar surface area (TPSA) is 89.7 Å². The van der Waals surface area contributed by atoms with Gasteiger partial charge in [0.05, 0.1) is 14.2 Å². The van der Waals surface area contributed by atoms with Crippen molar-refractivity contribution >= 4 is 17.6 Å². The average Bonchev–Trinajstić information content (AvgIpc) is 3.23. The molecular weight excluding hydrogens is 372 g/mol. The molecule has 2 aromatic carbocycles. The number of benzene rings is 2. The van der Waals surface area contributed by atoms with E-state index in [0.29, 0.717) is 22.6 Å². The van der Waals surface area contributed by atoms with Crippen molar-refractivity contribution in [2.24, 2.45) is 0 Å². The average molecular weight is 396 g/mol. The summed E-state index contributed by atoms with van der Waals surface area (Å²) in [5.74, 6) is 1.11. The molecule has 8 nitrogen and oxygen atoms in total. The minimum atomic E-state index is -0.325. The third kappa shape index (κ3) is 4.66. The number of carbonyl (C=O) groups excluding carboxylic acids is 1. The Morgan fingerprint density at radius 1 is 1.00 bits per heavy atom. The van der Waals surface area contributed by atoms with Crippen molar-refractivity contribution in [2.45, 2.75) is 13.8 Å². The first-order valence-corrected chi connectivity index (χ1v) is 9.31. The zero-order valence-corrected chi connectivity index (χ0v) is 16.9.